The molecular formula is C29H32O5. The molecule has 3 rings (SSSR count). The molecule has 0 radical (unpaired) electrons. The molecule has 0 saturated carbocycles. The molecular weight excluding hydrogens is 428 g/mol. The van der Waals surface area contributed by atoms with Crippen molar-refractivity contribution in [1.82, 2.24) is 0 Å². The first-order chi connectivity index (χ1) is 16.7. The van der Waals surface area contributed by atoms with E-state index >= 15 is 0 Å². The van der Waals surface area contributed by atoms with Crippen LogP contribution in [0.2, 0.25) is 0 Å². The van der Waals surface area contributed by atoms with Crippen LogP contribution in [-0.4, -0.2) is 31.9 Å². The van der Waals surface area contributed by atoms with Gasteiger partial charge in [0.25, 0.3) is 0 Å². The maximum atomic E-state index is 12.0. The van der Waals surface area contributed by atoms with Gasteiger partial charge in [-0.1, -0.05) is 60.7 Å². The topological polar surface area (TPSA) is 54.0 Å². The molecule has 0 aliphatic rings. The third-order valence-electron chi connectivity index (χ3n) is 5.05. The summed E-state index contributed by atoms with van der Waals surface area (Å²) in [5.41, 5.74) is 3.21. The van der Waals surface area contributed by atoms with Gasteiger partial charge < -0.3 is 18.9 Å². The summed E-state index contributed by atoms with van der Waals surface area (Å²) in [4.78, 5) is 12.0. The third kappa shape index (κ3) is 8.41. The minimum atomic E-state index is -0.588. The number of ether oxygens (including phenoxy) is 4. The Labute approximate surface area is 201 Å². The van der Waals surface area contributed by atoms with Crippen molar-refractivity contribution in [3.8, 4) is 11.5 Å². The lowest BCUT2D eigenvalue weighted by molar-refractivity contribution is -0.156. The molecule has 0 spiro atoms. The summed E-state index contributed by atoms with van der Waals surface area (Å²) >= 11 is 0. The van der Waals surface area contributed by atoms with E-state index < -0.39 is 6.10 Å². The van der Waals surface area contributed by atoms with Gasteiger partial charge in [-0.05, 0) is 60.9 Å². The van der Waals surface area contributed by atoms with E-state index in [1.54, 1.807) is 6.92 Å². The quantitative estimate of drug-likeness (QED) is 0.299. The number of rotatable bonds is 13. The van der Waals surface area contributed by atoms with E-state index in [9.17, 15) is 4.79 Å². The number of hydrogen-bond donors (Lipinski definition) is 0. The lowest BCUT2D eigenvalue weighted by Gasteiger charge is -2.15. The van der Waals surface area contributed by atoms with Crippen LogP contribution in [0.1, 0.15) is 30.5 Å². The highest BCUT2D eigenvalue weighted by Crippen LogP contribution is 2.17. The molecule has 0 saturated heterocycles. The number of hydrogen-bond acceptors (Lipinski definition) is 5. The summed E-state index contributed by atoms with van der Waals surface area (Å²) in [6.45, 7) is 5.46. The molecule has 0 aromatic heterocycles. The highest BCUT2D eigenvalue weighted by molar-refractivity contribution is 5.75. The fourth-order valence-corrected chi connectivity index (χ4v) is 3.33. The summed E-state index contributed by atoms with van der Waals surface area (Å²) in [7, 11) is 0. The predicted octanol–water partition coefficient (Wildman–Crippen LogP) is 5.87. The minimum Gasteiger partial charge on any atom is -0.490 e. The van der Waals surface area contributed by atoms with Crippen molar-refractivity contribution in [1.29, 1.82) is 0 Å². The molecule has 0 fully saturated rings. The predicted molar refractivity (Wildman–Crippen MR) is 134 cm³/mol. The maximum absolute atomic E-state index is 12.0. The van der Waals surface area contributed by atoms with E-state index in [-0.39, 0.29) is 5.97 Å². The van der Waals surface area contributed by atoms with E-state index in [0.29, 0.717) is 32.8 Å². The van der Waals surface area contributed by atoms with Crippen LogP contribution in [0.3, 0.4) is 0 Å². The standard InChI is InChI=1S/C29H32O5/c1-3-31-28(29(30)32-4-2)21-24-14-18-26(19-15-24)33-20-8-11-23-12-16-27(17-13-23)34-22-25-9-6-5-7-10-25/h5-19,28H,3-4,20-22H2,1-2H3. The maximum Gasteiger partial charge on any atom is 0.335 e. The zero-order valence-electron chi connectivity index (χ0n) is 19.8. The van der Waals surface area contributed by atoms with Crippen molar-refractivity contribution in [2.24, 2.45) is 0 Å². The van der Waals surface area contributed by atoms with E-state index in [4.69, 9.17) is 18.9 Å². The first-order valence-corrected chi connectivity index (χ1v) is 11.6. The van der Waals surface area contributed by atoms with Gasteiger partial charge in [-0.3, -0.25) is 0 Å². The van der Waals surface area contributed by atoms with Crippen molar-refractivity contribution in [2.45, 2.75) is 33.0 Å². The Morgan fingerprint density at radius 3 is 2.15 bits per heavy atom. The molecule has 0 aliphatic carbocycles. The van der Waals surface area contributed by atoms with Crippen molar-refractivity contribution >= 4 is 12.0 Å². The van der Waals surface area contributed by atoms with Crippen LogP contribution in [0.25, 0.3) is 6.08 Å². The molecule has 5 heteroatoms. The van der Waals surface area contributed by atoms with Gasteiger partial charge in [0, 0.05) is 13.0 Å². The Kier molecular flexibility index (Phi) is 10.2. The van der Waals surface area contributed by atoms with Gasteiger partial charge in [-0.25, -0.2) is 4.79 Å². The van der Waals surface area contributed by atoms with Crippen LogP contribution < -0.4 is 9.47 Å². The SMILES string of the molecule is CCOC(=O)C(Cc1ccc(OCC=Cc2ccc(OCc3ccccc3)cc2)cc1)OCC. The Morgan fingerprint density at radius 1 is 0.794 bits per heavy atom. The molecule has 1 unspecified atom stereocenters. The van der Waals surface area contributed by atoms with Gasteiger partial charge in [-0.15, -0.1) is 0 Å². The molecule has 3 aromatic rings. The van der Waals surface area contributed by atoms with Crippen LogP contribution in [0, 0.1) is 0 Å². The zero-order chi connectivity index (χ0) is 24.0. The fraction of sp³-hybridized carbons (Fsp3) is 0.276. The normalized spacial score (nSPS) is 11.8. The second kappa shape index (κ2) is 13.9. The molecule has 0 bridgehead atoms. The average molecular weight is 461 g/mol. The van der Waals surface area contributed by atoms with Gasteiger partial charge in [0.2, 0.25) is 0 Å². The first kappa shape index (κ1) is 25.1. The van der Waals surface area contributed by atoms with E-state index in [2.05, 4.69) is 0 Å². The number of carbonyl (C=O) groups excluding carboxylic acids is 1. The minimum absolute atomic E-state index is 0.328. The summed E-state index contributed by atoms with van der Waals surface area (Å²) in [5.74, 6) is 1.28. The largest absolute Gasteiger partial charge is 0.490 e. The summed E-state index contributed by atoms with van der Waals surface area (Å²) in [6.07, 6.45) is 3.87. The summed E-state index contributed by atoms with van der Waals surface area (Å²) in [6, 6.07) is 25.8. The Morgan fingerprint density at radius 2 is 1.47 bits per heavy atom. The lowest BCUT2D eigenvalue weighted by atomic mass is 10.1. The van der Waals surface area contributed by atoms with Gasteiger partial charge in [-0.2, -0.15) is 0 Å². The van der Waals surface area contributed by atoms with Crippen molar-refractivity contribution in [3.05, 3.63) is 102 Å². The van der Waals surface area contributed by atoms with Crippen LogP contribution in [0.15, 0.2) is 84.9 Å². The third-order valence-corrected chi connectivity index (χ3v) is 5.05. The highest BCUT2D eigenvalue weighted by Gasteiger charge is 2.20. The average Bonchev–Trinajstić information content (AvgIpc) is 2.87. The molecule has 3 aromatic carbocycles. The monoisotopic (exact) mass is 460 g/mol. The molecule has 34 heavy (non-hydrogen) atoms. The Balaban J connectivity index is 1.43. The van der Waals surface area contributed by atoms with Crippen LogP contribution >= 0.6 is 0 Å². The molecule has 0 amide bonds. The van der Waals surface area contributed by atoms with Gasteiger partial charge >= 0.3 is 5.97 Å². The lowest BCUT2D eigenvalue weighted by Crippen LogP contribution is -2.28. The smallest absolute Gasteiger partial charge is 0.335 e. The second-order valence-electron chi connectivity index (χ2n) is 7.60. The highest BCUT2D eigenvalue weighted by atomic mass is 16.6. The van der Waals surface area contributed by atoms with Gasteiger partial charge in [0.15, 0.2) is 6.10 Å². The van der Waals surface area contributed by atoms with Crippen molar-refractivity contribution < 1.29 is 23.7 Å². The molecule has 178 valence electrons. The number of carbonyl (C=O) groups is 1. The summed E-state index contributed by atoms with van der Waals surface area (Å²) in [5, 5.41) is 0. The van der Waals surface area contributed by atoms with Gasteiger partial charge in [0.1, 0.15) is 24.7 Å². The molecule has 5 nitrogen and oxygen atoms in total. The number of esters is 1. The van der Waals surface area contributed by atoms with Crippen molar-refractivity contribution in [3.63, 3.8) is 0 Å². The molecule has 0 N–H and O–H groups in total. The van der Waals surface area contributed by atoms with Crippen molar-refractivity contribution in [2.75, 3.05) is 19.8 Å². The zero-order valence-corrected chi connectivity index (χ0v) is 19.8. The van der Waals surface area contributed by atoms with E-state index in [0.717, 1.165) is 28.2 Å². The Hall–Kier alpha value is -3.57. The fourth-order valence-electron chi connectivity index (χ4n) is 3.33. The Bertz CT molecular complexity index is 1010. The second-order valence-corrected chi connectivity index (χ2v) is 7.60. The first-order valence-electron chi connectivity index (χ1n) is 11.6. The van der Waals surface area contributed by atoms with Crippen LogP contribution in [0.5, 0.6) is 11.5 Å². The summed E-state index contributed by atoms with van der Waals surface area (Å²) < 4.78 is 22.2. The molecule has 1 atom stereocenters. The molecule has 0 aliphatic heterocycles. The number of benzene rings is 3. The van der Waals surface area contributed by atoms with Gasteiger partial charge in [0.05, 0.1) is 6.61 Å². The van der Waals surface area contributed by atoms with Crippen LogP contribution in [0.4, 0.5) is 0 Å². The molecule has 0 heterocycles. The van der Waals surface area contributed by atoms with Crippen LogP contribution in [-0.2, 0) is 27.3 Å². The van der Waals surface area contributed by atoms with E-state index in [1.165, 1.54) is 0 Å². The van der Waals surface area contributed by atoms with E-state index in [1.807, 2.05) is 97.9 Å².